The van der Waals surface area contributed by atoms with Crippen LogP contribution < -0.4 is 15.0 Å². The number of ether oxygens (including phenoxy) is 3. The SMILES string of the molecule is COc1cc2cc(c1Cl)N(C)C(=O)CCC1(C)OC1C(C)C1C[C@@](O)(C/C=C/C=C(\C)C2)NC(=O)O1. The van der Waals surface area contributed by atoms with Crippen molar-refractivity contribution in [2.45, 2.75) is 76.4 Å². The van der Waals surface area contributed by atoms with E-state index in [2.05, 4.69) is 5.32 Å². The summed E-state index contributed by atoms with van der Waals surface area (Å²) < 4.78 is 17.0. The van der Waals surface area contributed by atoms with E-state index < -0.39 is 23.5 Å². The lowest BCUT2D eigenvalue weighted by Crippen LogP contribution is -2.57. The van der Waals surface area contributed by atoms with Crippen LogP contribution in [0.3, 0.4) is 0 Å². The topological polar surface area (TPSA) is 101 Å². The summed E-state index contributed by atoms with van der Waals surface area (Å²) in [6.07, 6.45) is 6.20. The summed E-state index contributed by atoms with van der Waals surface area (Å²) in [5, 5.41) is 14.0. The van der Waals surface area contributed by atoms with Gasteiger partial charge in [-0.1, -0.05) is 42.3 Å². The zero-order valence-corrected chi connectivity index (χ0v) is 22.2. The predicted octanol–water partition coefficient (Wildman–Crippen LogP) is 4.52. The number of nitrogens with one attached hydrogen (secondary N) is 1. The molecule has 3 aliphatic rings. The first-order valence-corrected chi connectivity index (χ1v) is 12.7. The number of methoxy groups -OCH3 is 1. The van der Waals surface area contributed by atoms with Crippen LogP contribution in [0.15, 0.2) is 35.9 Å². The molecule has 4 bridgehead atoms. The Bertz CT molecular complexity index is 1100. The Labute approximate surface area is 217 Å². The van der Waals surface area contributed by atoms with Gasteiger partial charge in [0.15, 0.2) is 0 Å². The molecule has 1 aromatic carbocycles. The minimum absolute atomic E-state index is 0.0879. The summed E-state index contributed by atoms with van der Waals surface area (Å²) >= 11 is 6.59. The summed E-state index contributed by atoms with van der Waals surface area (Å²) in [4.78, 5) is 27.0. The van der Waals surface area contributed by atoms with Crippen LogP contribution in [-0.2, 0) is 20.7 Å². The number of amides is 2. The first-order chi connectivity index (χ1) is 16.9. The number of hydrogen-bond acceptors (Lipinski definition) is 6. The van der Waals surface area contributed by atoms with Crippen molar-refractivity contribution in [3.8, 4) is 5.75 Å². The van der Waals surface area contributed by atoms with E-state index in [0.717, 1.165) is 11.1 Å². The van der Waals surface area contributed by atoms with Gasteiger partial charge in [-0.25, -0.2) is 4.79 Å². The van der Waals surface area contributed by atoms with Gasteiger partial charge in [0.2, 0.25) is 5.91 Å². The number of epoxide rings is 1. The van der Waals surface area contributed by atoms with Crippen LogP contribution in [0, 0.1) is 5.92 Å². The Morgan fingerprint density at radius 1 is 1.31 bits per heavy atom. The lowest BCUT2D eigenvalue weighted by Gasteiger charge is -2.38. The zero-order chi connectivity index (χ0) is 26.3. The third-order valence-corrected chi connectivity index (χ3v) is 7.84. The fourth-order valence-corrected chi connectivity index (χ4v) is 5.51. The van der Waals surface area contributed by atoms with Crippen LogP contribution in [0.25, 0.3) is 0 Å². The lowest BCUT2D eigenvalue weighted by atomic mass is 9.85. The highest BCUT2D eigenvalue weighted by Crippen LogP contribution is 2.47. The average molecular weight is 519 g/mol. The van der Waals surface area contributed by atoms with Gasteiger partial charge in [0, 0.05) is 32.2 Å². The van der Waals surface area contributed by atoms with Crippen LogP contribution >= 0.6 is 11.6 Å². The summed E-state index contributed by atoms with van der Waals surface area (Å²) in [5.74, 6) is 0.272. The largest absolute Gasteiger partial charge is 0.495 e. The molecule has 8 nitrogen and oxygen atoms in total. The second-order valence-electron chi connectivity index (χ2n) is 10.4. The van der Waals surface area contributed by atoms with Crippen molar-refractivity contribution >= 4 is 29.3 Å². The highest BCUT2D eigenvalue weighted by atomic mass is 35.5. The average Bonchev–Trinajstić information content (AvgIpc) is 3.50. The van der Waals surface area contributed by atoms with Crippen molar-refractivity contribution in [1.82, 2.24) is 5.32 Å². The summed E-state index contributed by atoms with van der Waals surface area (Å²) in [5.41, 5.74) is 0.692. The van der Waals surface area contributed by atoms with Gasteiger partial charge in [-0.15, -0.1) is 0 Å². The maximum atomic E-state index is 13.2. The van der Waals surface area contributed by atoms with E-state index >= 15 is 0 Å². The molecular weight excluding hydrogens is 484 g/mol. The van der Waals surface area contributed by atoms with Crippen molar-refractivity contribution in [1.29, 1.82) is 0 Å². The third-order valence-electron chi connectivity index (χ3n) is 7.46. The number of nitrogens with zero attached hydrogens (tertiary/aromatic N) is 1. The number of aliphatic hydroxyl groups is 1. The molecule has 2 saturated heterocycles. The van der Waals surface area contributed by atoms with Gasteiger partial charge in [-0.05, 0) is 44.4 Å². The van der Waals surface area contributed by atoms with Crippen LogP contribution in [0.1, 0.15) is 52.0 Å². The fourth-order valence-electron chi connectivity index (χ4n) is 5.19. The number of carbonyl (C=O) groups excluding carboxylic acids is 2. The van der Waals surface area contributed by atoms with Gasteiger partial charge in [-0.2, -0.15) is 0 Å². The molecule has 0 aromatic heterocycles. The Hall–Kier alpha value is -2.55. The van der Waals surface area contributed by atoms with Crippen molar-refractivity contribution in [2.24, 2.45) is 5.92 Å². The van der Waals surface area contributed by atoms with Gasteiger partial charge in [0.25, 0.3) is 0 Å². The zero-order valence-electron chi connectivity index (χ0n) is 21.5. The number of halogens is 1. The number of anilines is 1. The van der Waals surface area contributed by atoms with E-state index in [0.29, 0.717) is 29.3 Å². The van der Waals surface area contributed by atoms with Gasteiger partial charge in [-0.3, -0.25) is 10.1 Å². The molecule has 0 radical (unpaired) electrons. The number of hydrogen-bond donors (Lipinski definition) is 2. The normalized spacial score (nSPS) is 35.6. The maximum Gasteiger partial charge on any atom is 0.409 e. The third kappa shape index (κ3) is 5.56. The van der Waals surface area contributed by atoms with Crippen molar-refractivity contribution < 1.29 is 28.9 Å². The predicted molar refractivity (Wildman–Crippen MR) is 137 cm³/mol. The number of carbonyl (C=O) groups is 2. The summed E-state index contributed by atoms with van der Waals surface area (Å²) in [6, 6.07) is 3.79. The molecule has 0 saturated carbocycles. The Kier molecular flexibility index (Phi) is 7.42. The van der Waals surface area contributed by atoms with Crippen molar-refractivity contribution in [3.05, 3.63) is 46.5 Å². The van der Waals surface area contributed by atoms with Gasteiger partial charge in [0.1, 0.15) is 22.6 Å². The minimum atomic E-state index is -1.40. The molecular formula is C27H35ClN2O6. The van der Waals surface area contributed by atoms with E-state index in [-0.39, 0.29) is 37.2 Å². The van der Waals surface area contributed by atoms with Crippen LogP contribution in [0.2, 0.25) is 5.02 Å². The van der Waals surface area contributed by atoms with E-state index in [9.17, 15) is 14.7 Å². The molecule has 9 heteroatoms. The Morgan fingerprint density at radius 2 is 2.06 bits per heavy atom. The van der Waals surface area contributed by atoms with Crippen LogP contribution in [0.4, 0.5) is 10.5 Å². The number of fused-ring (bicyclic) bond motifs is 5. The molecule has 2 N–H and O–H groups in total. The van der Waals surface area contributed by atoms with Crippen molar-refractivity contribution in [3.63, 3.8) is 0 Å². The molecule has 4 unspecified atom stereocenters. The summed E-state index contributed by atoms with van der Waals surface area (Å²) in [7, 11) is 3.27. The molecule has 0 spiro atoms. The highest BCUT2D eigenvalue weighted by molar-refractivity contribution is 6.35. The molecule has 2 amide bonds. The molecule has 3 aliphatic heterocycles. The molecule has 1 aromatic rings. The number of alkyl carbamates (subject to hydrolysis) is 1. The second kappa shape index (κ2) is 10.1. The molecule has 0 aliphatic carbocycles. The van der Waals surface area contributed by atoms with Gasteiger partial charge < -0.3 is 24.2 Å². The fraction of sp³-hybridized carbons (Fsp3) is 0.556. The molecule has 5 atom stereocenters. The quantitative estimate of drug-likeness (QED) is 0.530. The highest BCUT2D eigenvalue weighted by Gasteiger charge is 2.58. The Balaban J connectivity index is 1.66. The monoisotopic (exact) mass is 518 g/mol. The van der Waals surface area contributed by atoms with E-state index in [1.54, 1.807) is 19.1 Å². The lowest BCUT2D eigenvalue weighted by molar-refractivity contribution is -0.118. The van der Waals surface area contributed by atoms with E-state index in [1.807, 2.05) is 51.1 Å². The second-order valence-corrected chi connectivity index (χ2v) is 10.8. The first kappa shape index (κ1) is 26.5. The van der Waals surface area contributed by atoms with Crippen molar-refractivity contribution in [2.75, 3.05) is 19.1 Å². The molecule has 3 heterocycles. The number of rotatable bonds is 1. The van der Waals surface area contributed by atoms with E-state index in [4.69, 9.17) is 25.8 Å². The standard InChI is InChI=1S/C27H35ClN2O6/c1-16-8-6-7-10-27(33)15-21(35-25(32)29-27)17(2)24-26(3,36-24)11-9-22(31)30(4)19-13-18(12-16)14-20(34-5)23(19)28/h6-8,13-14,17,21,24,33H,9-12,15H2,1-5H3,(H,29,32)/b7-6+,16-8+/t17?,21?,24?,26?,27-/m0/s1. The molecule has 196 valence electrons. The summed E-state index contributed by atoms with van der Waals surface area (Å²) in [6.45, 7) is 5.92. The van der Waals surface area contributed by atoms with E-state index in [1.165, 1.54) is 0 Å². The number of allylic oxidation sites excluding steroid dienone is 3. The number of benzene rings is 1. The van der Waals surface area contributed by atoms with Gasteiger partial charge in [0.05, 0.1) is 24.5 Å². The molecule has 2 fully saturated rings. The van der Waals surface area contributed by atoms with Crippen LogP contribution in [-0.4, -0.2) is 54.8 Å². The van der Waals surface area contributed by atoms with Crippen LogP contribution in [0.5, 0.6) is 5.75 Å². The minimum Gasteiger partial charge on any atom is -0.495 e. The maximum absolute atomic E-state index is 13.2. The smallest absolute Gasteiger partial charge is 0.409 e. The molecule has 4 rings (SSSR count). The Morgan fingerprint density at radius 3 is 2.78 bits per heavy atom. The first-order valence-electron chi connectivity index (χ1n) is 12.3. The van der Waals surface area contributed by atoms with Gasteiger partial charge >= 0.3 is 6.09 Å². The molecule has 36 heavy (non-hydrogen) atoms.